The Hall–Kier alpha value is -3.27. The number of carboxylic acids is 1. The predicted molar refractivity (Wildman–Crippen MR) is 130 cm³/mol. The third-order valence-electron chi connectivity index (χ3n) is 6.41. The summed E-state index contributed by atoms with van der Waals surface area (Å²) < 4.78 is 6.46. The number of hydrogen-bond donors (Lipinski definition) is 1. The number of fused-ring (bicyclic) bond motifs is 1. The molecule has 1 N–H and O–H groups in total. The number of allylic oxidation sites excluding steroid dienone is 1. The number of para-hydroxylation sites is 1. The minimum atomic E-state index is -0.986. The van der Waals surface area contributed by atoms with Crippen molar-refractivity contribution in [2.75, 3.05) is 18.0 Å². The lowest BCUT2D eigenvalue weighted by molar-refractivity contribution is -0.145. The average Bonchev–Trinajstić information content (AvgIpc) is 3.43. The van der Waals surface area contributed by atoms with E-state index in [0.717, 1.165) is 47.3 Å². The molecule has 2 aliphatic rings. The van der Waals surface area contributed by atoms with Gasteiger partial charge < -0.3 is 14.7 Å². The average molecular weight is 481 g/mol. The fourth-order valence-corrected chi connectivity index (χ4v) is 5.58. The quantitative estimate of drug-likeness (QED) is 0.589. The van der Waals surface area contributed by atoms with E-state index in [2.05, 4.69) is 44.4 Å². The highest BCUT2D eigenvalue weighted by atomic mass is 32.1. The van der Waals surface area contributed by atoms with Crippen molar-refractivity contribution in [3.05, 3.63) is 42.1 Å². The molecule has 1 saturated heterocycles. The third-order valence-corrected chi connectivity index (χ3v) is 7.47. The highest BCUT2D eigenvalue weighted by molar-refractivity contribution is 7.18. The number of nitrogens with zero attached hydrogens (tertiary/aromatic N) is 6. The Morgan fingerprint density at radius 3 is 2.68 bits per heavy atom. The number of piperidine rings is 1. The van der Waals surface area contributed by atoms with Crippen LogP contribution in [0.5, 0.6) is 5.75 Å². The molecule has 0 radical (unpaired) electrons. The highest BCUT2D eigenvalue weighted by Crippen LogP contribution is 2.42. The molecule has 1 fully saturated rings. The summed E-state index contributed by atoms with van der Waals surface area (Å²) in [5.41, 5.74) is 1.59. The van der Waals surface area contributed by atoms with Gasteiger partial charge in [-0.15, -0.1) is 15.0 Å². The van der Waals surface area contributed by atoms with Crippen LogP contribution in [0.25, 0.3) is 16.3 Å². The van der Waals surface area contributed by atoms with Crippen molar-refractivity contribution in [1.29, 1.82) is 0 Å². The smallest absolute Gasteiger partial charge is 0.331 e. The molecular weight excluding hydrogens is 452 g/mol. The number of benzene rings is 1. The van der Waals surface area contributed by atoms with Gasteiger partial charge in [0.25, 0.3) is 0 Å². The lowest BCUT2D eigenvalue weighted by atomic mass is 9.85. The van der Waals surface area contributed by atoms with Crippen LogP contribution in [0.4, 0.5) is 5.13 Å². The van der Waals surface area contributed by atoms with Crippen LogP contribution in [0, 0.1) is 5.41 Å². The van der Waals surface area contributed by atoms with Crippen LogP contribution in [0.1, 0.15) is 52.1 Å². The maximum atomic E-state index is 11.8. The largest absolute Gasteiger partial charge is 0.482 e. The summed E-state index contributed by atoms with van der Waals surface area (Å²) in [6.45, 7) is 9.32. The number of rotatable bonds is 4. The summed E-state index contributed by atoms with van der Waals surface area (Å²) in [5, 5.41) is 23.0. The van der Waals surface area contributed by atoms with Crippen molar-refractivity contribution in [1.82, 2.24) is 25.2 Å². The Kier molecular flexibility index (Phi) is 5.43. The molecule has 2 aromatic heterocycles. The van der Waals surface area contributed by atoms with Gasteiger partial charge in [-0.2, -0.15) is 0 Å². The minimum absolute atomic E-state index is 0.280. The number of hydrogen-bond acceptors (Lipinski definition) is 8. The maximum Gasteiger partial charge on any atom is 0.331 e. The molecule has 0 saturated carbocycles. The Labute approximate surface area is 202 Å². The van der Waals surface area contributed by atoms with Gasteiger partial charge in [-0.1, -0.05) is 50.3 Å². The highest BCUT2D eigenvalue weighted by Gasteiger charge is 2.39. The SMILES string of the molecule is CC1=CC2(CCN(c3ncc(-c4nnn(C(C(=O)O)C(C)(C)C)n4)s3)CC2)Oc2ccccc21. The van der Waals surface area contributed by atoms with E-state index in [-0.39, 0.29) is 5.60 Å². The normalized spacial score (nSPS) is 18.2. The Morgan fingerprint density at radius 2 is 1.97 bits per heavy atom. The Bertz CT molecular complexity index is 1250. The third kappa shape index (κ3) is 4.06. The van der Waals surface area contributed by atoms with Crippen molar-refractivity contribution < 1.29 is 14.6 Å². The van der Waals surface area contributed by atoms with E-state index < -0.39 is 17.4 Å². The van der Waals surface area contributed by atoms with E-state index in [1.54, 1.807) is 6.20 Å². The summed E-state index contributed by atoms with van der Waals surface area (Å²) in [6, 6.07) is 7.30. The number of aliphatic carboxylic acids is 1. The standard InChI is InChI=1S/C24H28N6O3S/c1-15-13-24(33-17-8-6-5-7-16(15)17)9-11-29(12-10-24)22-25-14-18(34-22)20-26-28-30(27-20)19(21(31)32)23(2,3)4/h5-8,13-14,19H,9-12H2,1-4H3,(H,31,32). The molecule has 5 rings (SSSR count). The van der Waals surface area contributed by atoms with Gasteiger partial charge in [0.2, 0.25) is 5.82 Å². The second kappa shape index (κ2) is 8.19. The van der Waals surface area contributed by atoms with Crippen LogP contribution in [-0.4, -0.2) is 55.0 Å². The first kappa shape index (κ1) is 22.5. The van der Waals surface area contributed by atoms with Gasteiger partial charge in [0.1, 0.15) is 11.4 Å². The molecule has 4 heterocycles. The predicted octanol–water partition coefficient (Wildman–Crippen LogP) is 4.30. The zero-order chi connectivity index (χ0) is 24.1. The molecule has 9 nitrogen and oxygen atoms in total. The number of carboxylic acid groups (broad SMARTS) is 1. The fraction of sp³-hybridized carbons (Fsp3) is 0.458. The van der Waals surface area contributed by atoms with Gasteiger partial charge in [0, 0.05) is 31.5 Å². The Morgan fingerprint density at radius 1 is 1.24 bits per heavy atom. The van der Waals surface area contributed by atoms with Crippen LogP contribution in [-0.2, 0) is 4.79 Å². The van der Waals surface area contributed by atoms with Crippen LogP contribution in [0.3, 0.4) is 0 Å². The Balaban J connectivity index is 1.30. The summed E-state index contributed by atoms with van der Waals surface area (Å²) in [7, 11) is 0. The number of ether oxygens (including phenoxy) is 1. The second-order valence-electron chi connectivity index (χ2n) is 10.0. The van der Waals surface area contributed by atoms with Crippen molar-refractivity contribution in [2.45, 2.75) is 52.2 Å². The van der Waals surface area contributed by atoms with Crippen LogP contribution >= 0.6 is 11.3 Å². The number of tetrazole rings is 1. The van der Waals surface area contributed by atoms with Crippen molar-refractivity contribution in [3.8, 4) is 16.5 Å². The molecule has 178 valence electrons. The number of thiazole rings is 1. The summed E-state index contributed by atoms with van der Waals surface area (Å²) in [5.74, 6) is 0.357. The number of aromatic nitrogens is 5. The van der Waals surface area contributed by atoms with Crippen molar-refractivity contribution in [2.24, 2.45) is 5.41 Å². The van der Waals surface area contributed by atoms with Gasteiger partial charge in [0.05, 0.1) is 11.1 Å². The molecule has 1 unspecified atom stereocenters. The molecule has 3 aromatic rings. The lowest BCUT2D eigenvalue weighted by Gasteiger charge is -2.42. The lowest BCUT2D eigenvalue weighted by Crippen LogP contribution is -2.48. The van der Waals surface area contributed by atoms with E-state index in [9.17, 15) is 9.90 Å². The maximum absolute atomic E-state index is 11.8. The monoisotopic (exact) mass is 480 g/mol. The van der Waals surface area contributed by atoms with E-state index >= 15 is 0 Å². The van der Waals surface area contributed by atoms with E-state index in [1.165, 1.54) is 21.7 Å². The first-order valence-electron chi connectivity index (χ1n) is 11.4. The second-order valence-corrected chi connectivity index (χ2v) is 11.0. The van der Waals surface area contributed by atoms with Gasteiger partial charge in [-0.3, -0.25) is 0 Å². The first-order valence-corrected chi connectivity index (χ1v) is 12.2. The van der Waals surface area contributed by atoms with Crippen molar-refractivity contribution in [3.63, 3.8) is 0 Å². The molecule has 1 atom stereocenters. The number of anilines is 1. The zero-order valence-corrected chi connectivity index (χ0v) is 20.5. The number of carbonyl (C=O) groups is 1. The van der Waals surface area contributed by atoms with Gasteiger partial charge in [0.15, 0.2) is 11.2 Å². The van der Waals surface area contributed by atoms with E-state index in [1.807, 2.05) is 39.0 Å². The van der Waals surface area contributed by atoms with Gasteiger partial charge in [-0.05, 0) is 35.3 Å². The molecule has 1 spiro atoms. The topological polar surface area (TPSA) is 106 Å². The molecule has 1 aromatic carbocycles. The molecule has 0 amide bonds. The molecule has 34 heavy (non-hydrogen) atoms. The fourth-order valence-electron chi connectivity index (χ4n) is 4.69. The van der Waals surface area contributed by atoms with Crippen LogP contribution in [0.15, 0.2) is 36.5 Å². The minimum Gasteiger partial charge on any atom is -0.482 e. The molecule has 0 bridgehead atoms. The molecule has 10 heteroatoms. The van der Waals surface area contributed by atoms with Gasteiger partial charge >= 0.3 is 5.97 Å². The summed E-state index contributed by atoms with van der Waals surface area (Å²) >= 11 is 1.49. The zero-order valence-electron chi connectivity index (χ0n) is 19.7. The molecule has 2 aliphatic heterocycles. The van der Waals surface area contributed by atoms with E-state index in [4.69, 9.17) is 4.74 Å². The summed E-state index contributed by atoms with van der Waals surface area (Å²) in [6.07, 6.45) is 5.74. The van der Waals surface area contributed by atoms with Crippen LogP contribution in [0.2, 0.25) is 0 Å². The molecular formula is C24H28N6O3S. The van der Waals surface area contributed by atoms with E-state index in [0.29, 0.717) is 5.82 Å². The first-order chi connectivity index (χ1) is 16.2. The van der Waals surface area contributed by atoms with Gasteiger partial charge in [-0.25, -0.2) is 9.78 Å². The van der Waals surface area contributed by atoms with Crippen molar-refractivity contribution >= 4 is 28.0 Å². The molecule has 0 aliphatic carbocycles. The summed E-state index contributed by atoms with van der Waals surface area (Å²) in [4.78, 5) is 20.6. The van der Waals surface area contributed by atoms with Crippen LogP contribution < -0.4 is 9.64 Å².